The van der Waals surface area contributed by atoms with Gasteiger partial charge in [-0.25, -0.2) is 4.98 Å². The summed E-state index contributed by atoms with van der Waals surface area (Å²) in [5, 5.41) is 3.23. The second-order valence-corrected chi connectivity index (χ2v) is 4.40. The summed E-state index contributed by atoms with van der Waals surface area (Å²) in [5.74, 6) is 1.84. The second-order valence-electron chi connectivity index (χ2n) is 4.40. The van der Waals surface area contributed by atoms with Crippen LogP contribution in [0.25, 0.3) is 0 Å². The minimum atomic E-state index is 0.254. The van der Waals surface area contributed by atoms with E-state index in [0.29, 0.717) is 13.2 Å². The van der Waals surface area contributed by atoms with Crippen molar-refractivity contribution in [1.29, 1.82) is 0 Å². The van der Waals surface area contributed by atoms with Crippen molar-refractivity contribution in [2.45, 2.75) is 19.9 Å². The van der Waals surface area contributed by atoms with E-state index >= 15 is 0 Å². The molecule has 108 valence electrons. The molecule has 0 aliphatic rings. The van der Waals surface area contributed by atoms with Crippen LogP contribution in [0.3, 0.4) is 0 Å². The Labute approximate surface area is 115 Å². The first-order chi connectivity index (χ1) is 9.22. The Hall–Kier alpha value is -1.33. The lowest BCUT2D eigenvalue weighted by Gasteiger charge is -2.30. The van der Waals surface area contributed by atoms with Crippen molar-refractivity contribution < 1.29 is 9.47 Å². The molecular weight excluding hydrogens is 242 g/mol. The molecule has 1 rings (SSSR count). The number of nitrogens with one attached hydrogen (secondary N) is 1. The topological polar surface area (TPSA) is 46.6 Å². The number of ether oxygens (including phenoxy) is 2. The summed E-state index contributed by atoms with van der Waals surface area (Å²) in [5.41, 5.74) is 0. The zero-order chi connectivity index (χ0) is 14.1. The number of pyridine rings is 1. The predicted molar refractivity (Wildman–Crippen MR) is 79.0 cm³/mol. The zero-order valence-corrected chi connectivity index (χ0v) is 12.3. The van der Waals surface area contributed by atoms with Gasteiger partial charge in [0.25, 0.3) is 0 Å². The molecule has 19 heavy (non-hydrogen) atoms. The Morgan fingerprint density at radius 2 is 2.11 bits per heavy atom. The smallest absolute Gasteiger partial charge is 0.131 e. The van der Waals surface area contributed by atoms with Crippen molar-refractivity contribution >= 4 is 11.6 Å². The molecule has 0 saturated carbocycles. The number of aromatic nitrogens is 1. The third kappa shape index (κ3) is 5.04. The van der Waals surface area contributed by atoms with E-state index < -0.39 is 0 Å². The monoisotopic (exact) mass is 267 g/mol. The Balaban J connectivity index is 2.85. The molecule has 1 unspecified atom stereocenters. The van der Waals surface area contributed by atoms with Crippen molar-refractivity contribution in [1.82, 2.24) is 4.98 Å². The molecule has 1 atom stereocenters. The van der Waals surface area contributed by atoms with Crippen LogP contribution in [-0.2, 0) is 9.47 Å². The highest BCUT2D eigenvalue weighted by Crippen LogP contribution is 2.17. The summed E-state index contributed by atoms with van der Waals surface area (Å²) in [4.78, 5) is 6.82. The molecule has 0 fully saturated rings. The van der Waals surface area contributed by atoms with Crippen LogP contribution in [0.5, 0.6) is 0 Å². The van der Waals surface area contributed by atoms with E-state index in [1.54, 1.807) is 14.2 Å². The number of methoxy groups -OCH3 is 2. The molecule has 0 saturated heterocycles. The Morgan fingerprint density at radius 3 is 2.74 bits per heavy atom. The van der Waals surface area contributed by atoms with Crippen molar-refractivity contribution in [2.75, 3.05) is 50.7 Å². The van der Waals surface area contributed by atoms with E-state index in [4.69, 9.17) is 9.47 Å². The highest BCUT2D eigenvalue weighted by molar-refractivity contribution is 5.47. The van der Waals surface area contributed by atoms with Gasteiger partial charge in [0, 0.05) is 27.3 Å². The van der Waals surface area contributed by atoms with Gasteiger partial charge >= 0.3 is 0 Å². The maximum atomic E-state index is 5.24. The highest BCUT2D eigenvalue weighted by Gasteiger charge is 2.15. The average molecular weight is 267 g/mol. The fourth-order valence-electron chi connectivity index (χ4n) is 1.94. The van der Waals surface area contributed by atoms with Gasteiger partial charge in [-0.3, -0.25) is 0 Å². The van der Waals surface area contributed by atoms with Crippen LogP contribution in [0, 0.1) is 0 Å². The van der Waals surface area contributed by atoms with Gasteiger partial charge in [0.05, 0.1) is 19.3 Å². The standard InChI is InChI=1S/C14H25N3O2/c1-5-15-13-7-6-8-14(16-13)17(9-10-18-3)12(2)11-19-4/h6-8,12H,5,9-11H2,1-4H3,(H,15,16). The highest BCUT2D eigenvalue weighted by atomic mass is 16.5. The second kappa shape index (κ2) is 8.72. The summed E-state index contributed by atoms with van der Waals surface area (Å²) >= 11 is 0. The number of hydrogen-bond donors (Lipinski definition) is 1. The lowest BCUT2D eigenvalue weighted by molar-refractivity contribution is 0.170. The Bertz CT molecular complexity index is 360. The van der Waals surface area contributed by atoms with Gasteiger partial charge in [-0.1, -0.05) is 6.07 Å². The fraction of sp³-hybridized carbons (Fsp3) is 0.643. The van der Waals surface area contributed by atoms with Gasteiger partial charge in [0.1, 0.15) is 11.6 Å². The van der Waals surface area contributed by atoms with Gasteiger partial charge in [-0.05, 0) is 26.0 Å². The van der Waals surface area contributed by atoms with Crippen molar-refractivity contribution in [3.05, 3.63) is 18.2 Å². The summed E-state index contributed by atoms with van der Waals surface area (Å²) < 4.78 is 10.4. The average Bonchev–Trinajstić information content (AvgIpc) is 2.40. The normalized spacial score (nSPS) is 12.2. The largest absolute Gasteiger partial charge is 0.383 e. The van der Waals surface area contributed by atoms with E-state index in [0.717, 1.165) is 24.7 Å². The fourth-order valence-corrected chi connectivity index (χ4v) is 1.94. The molecule has 1 N–H and O–H groups in total. The molecular formula is C14H25N3O2. The van der Waals surface area contributed by atoms with Crippen molar-refractivity contribution in [2.24, 2.45) is 0 Å². The molecule has 5 nitrogen and oxygen atoms in total. The molecule has 0 bridgehead atoms. The molecule has 0 radical (unpaired) electrons. The number of anilines is 2. The van der Waals surface area contributed by atoms with Crippen LogP contribution in [-0.4, -0.2) is 51.5 Å². The summed E-state index contributed by atoms with van der Waals surface area (Å²) in [6.07, 6.45) is 0. The molecule has 1 heterocycles. The number of nitrogens with zero attached hydrogens (tertiary/aromatic N) is 2. The first-order valence-corrected chi connectivity index (χ1v) is 6.68. The van der Waals surface area contributed by atoms with Gasteiger partial charge < -0.3 is 19.7 Å². The molecule has 0 amide bonds. The molecule has 0 spiro atoms. The SMILES string of the molecule is CCNc1cccc(N(CCOC)C(C)COC)n1. The molecule has 0 aliphatic heterocycles. The van der Waals surface area contributed by atoms with Crippen LogP contribution in [0.1, 0.15) is 13.8 Å². The summed E-state index contributed by atoms with van der Waals surface area (Å²) in [6, 6.07) is 6.26. The van der Waals surface area contributed by atoms with Gasteiger partial charge in [0.15, 0.2) is 0 Å². The maximum Gasteiger partial charge on any atom is 0.131 e. The van der Waals surface area contributed by atoms with Gasteiger partial charge in [0.2, 0.25) is 0 Å². The lowest BCUT2D eigenvalue weighted by Crippen LogP contribution is -2.39. The van der Waals surface area contributed by atoms with E-state index in [1.165, 1.54) is 0 Å². The van der Waals surface area contributed by atoms with E-state index in [1.807, 2.05) is 18.2 Å². The van der Waals surface area contributed by atoms with Crippen LogP contribution in [0.15, 0.2) is 18.2 Å². The van der Waals surface area contributed by atoms with Gasteiger partial charge in [-0.2, -0.15) is 0 Å². The zero-order valence-electron chi connectivity index (χ0n) is 12.3. The van der Waals surface area contributed by atoms with Crippen LogP contribution in [0.4, 0.5) is 11.6 Å². The Morgan fingerprint density at radius 1 is 1.32 bits per heavy atom. The molecule has 1 aromatic rings. The van der Waals surface area contributed by atoms with Crippen molar-refractivity contribution in [3.63, 3.8) is 0 Å². The molecule has 1 aromatic heterocycles. The molecule has 0 aromatic carbocycles. The first kappa shape index (κ1) is 15.7. The minimum Gasteiger partial charge on any atom is -0.383 e. The summed E-state index contributed by atoms with van der Waals surface area (Å²) in [7, 11) is 3.43. The van der Waals surface area contributed by atoms with E-state index in [2.05, 4.69) is 29.0 Å². The van der Waals surface area contributed by atoms with Crippen LogP contribution in [0.2, 0.25) is 0 Å². The van der Waals surface area contributed by atoms with E-state index in [-0.39, 0.29) is 6.04 Å². The quantitative estimate of drug-likeness (QED) is 0.741. The number of rotatable bonds is 9. The van der Waals surface area contributed by atoms with Gasteiger partial charge in [-0.15, -0.1) is 0 Å². The lowest BCUT2D eigenvalue weighted by atomic mass is 10.2. The molecule has 5 heteroatoms. The van der Waals surface area contributed by atoms with Crippen molar-refractivity contribution in [3.8, 4) is 0 Å². The van der Waals surface area contributed by atoms with Crippen LogP contribution >= 0.6 is 0 Å². The first-order valence-electron chi connectivity index (χ1n) is 6.68. The third-order valence-electron chi connectivity index (χ3n) is 2.86. The predicted octanol–water partition coefficient (Wildman–Crippen LogP) is 2.00. The maximum absolute atomic E-state index is 5.24. The van der Waals surface area contributed by atoms with Crippen LogP contribution < -0.4 is 10.2 Å². The minimum absolute atomic E-state index is 0.254. The number of hydrogen-bond acceptors (Lipinski definition) is 5. The Kier molecular flexibility index (Phi) is 7.22. The third-order valence-corrected chi connectivity index (χ3v) is 2.86. The van der Waals surface area contributed by atoms with E-state index in [9.17, 15) is 0 Å². The molecule has 0 aliphatic carbocycles. The summed E-state index contributed by atoms with van der Waals surface area (Å²) in [6.45, 7) is 7.18.